The van der Waals surface area contributed by atoms with Crippen LogP contribution in [0.3, 0.4) is 0 Å². The largest absolute Gasteiger partial charge is 0.870 e. The number of quaternary nitrogens is 1. The summed E-state index contributed by atoms with van der Waals surface area (Å²) in [6.45, 7) is 3.60. The molecule has 0 saturated carbocycles. The molecule has 0 fully saturated rings. The quantitative estimate of drug-likeness (QED) is 0.452. The lowest BCUT2D eigenvalue weighted by molar-refractivity contribution is -0.816. The van der Waals surface area contributed by atoms with Gasteiger partial charge >= 0.3 is 0 Å². The minimum atomic E-state index is 0. The van der Waals surface area contributed by atoms with E-state index in [0.717, 1.165) is 4.48 Å². The van der Waals surface area contributed by atoms with Crippen molar-refractivity contribution >= 4 is 0 Å². The summed E-state index contributed by atoms with van der Waals surface area (Å²) in [5.74, 6) is 0. The van der Waals surface area contributed by atoms with Gasteiger partial charge in [0.05, 0.1) is 27.3 Å². The zero-order chi connectivity index (χ0) is 5.21. The normalized spacial score (nSPS) is 8.38. The minimum absolute atomic E-state index is 0. The van der Waals surface area contributed by atoms with Crippen LogP contribution in [-0.4, -0.2) is 31.1 Å². The molecule has 0 saturated heterocycles. The monoisotopic (exact) mass is 117 g/mol. The van der Waals surface area contributed by atoms with Gasteiger partial charge in [0.15, 0.2) is 0 Å². The van der Waals surface area contributed by atoms with Gasteiger partial charge in [-0.05, 0) is 6.58 Å². The smallest absolute Gasteiger partial charge is 0.0879 e. The lowest BCUT2D eigenvalue weighted by Gasteiger charge is -2.15. The van der Waals surface area contributed by atoms with Gasteiger partial charge in [0.2, 0.25) is 0 Å². The van der Waals surface area contributed by atoms with E-state index >= 15 is 0 Å². The summed E-state index contributed by atoms with van der Waals surface area (Å²) in [5.41, 5.74) is 0. The number of hydrogen-bond donors (Lipinski definition) is 0. The molecule has 0 aliphatic heterocycles. The van der Waals surface area contributed by atoms with E-state index in [9.17, 15) is 0 Å². The predicted octanol–water partition coefficient (Wildman–Crippen LogP) is 0.179. The van der Waals surface area contributed by atoms with Crippen molar-refractivity contribution in [3.8, 4) is 0 Å². The lowest BCUT2D eigenvalue weighted by atomic mass is 10.7. The van der Waals surface area contributed by atoms with Crippen LogP contribution in [0.25, 0.3) is 0 Å². The molecule has 0 aliphatic rings. The van der Waals surface area contributed by atoms with E-state index in [2.05, 4.69) is 27.7 Å². The first-order valence-corrected chi connectivity index (χ1v) is 2.01. The summed E-state index contributed by atoms with van der Waals surface area (Å²) in [7, 11) is 6.19. The van der Waals surface area contributed by atoms with Gasteiger partial charge in [-0.3, -0.25) is 0 Å². The van der Waals surface area contributed by atoms with E-state index in [4.69, 9.17) is 0 Å². The zero-order valence-corrected chi connectivity index (χ0v) is 5.63. The Hall–Kier alpha value is -0.380. The van der Waals surface area contributed by atoms with Crippen LogP contribution < -0.4 is 6.15 Å². The maximum atomic E-state index is 3.60. The first-order chi connectivity index (χ1) is 2.56. The molecule has 0 spiro atoms. The molecular formula is C5H13N2O. The molecule has 0 amide bonds. The van der Waals surface area contributed by atoms with Gasteiger partial charge < -0.3 is 9.96 Å². The Labute approximate surface area is 51.1 Å². The highest BCUT2D eigenvalue weighted by Gasteiger charge is 1.94. The van der Waals surface area contributed by atoms with E-state index in [-0.39, 0.29) is 11.6 Å². The highest BCUT2D eigenvalue weighted by atomic mass is 16.0. The van der Waals surface area contributed by atoms with Crippen LogP contribution in [0.5, 0.6) is 0 Å². The minimum Gasteiger partial charge on any atom is -0.870 e. The summed E-state index contributed by atoms with van der Waals surface area (Å²) >= 11 is 0. The lowest BCUT2D eigenvalue weighted by Crippen LogP contribution is -2.25. The molecule has 0 unspecified atom stereocenters. The van der Waals surface area contributed by atoms with E-state index in [1.165, 1.54) is 0 Å². The fourth-order valence-corrected chi connectivity index (χ4v) is 0. The van der Waals surface area contributed by atoms with Crippen molar-refractivity contribution in [2.24, 2.45) is 0 Å². The van der Waals surface area contributed by atoms with E-state index in [1.54, 1.807) is 0 Å². The second-order valence-corrected chi connectivity index (χ2v) is 2.30. The maximum Gasteiger partial charge on any atom is 0.0879 e. The van der Waals surface area contributed by atoms with Gasteiger partial charge in [-0.2, -0.15) is 0 Å². The Bertz CT molecular complexity index is 55.9. The van der Waals surface area contributed by atoms with Crippen molar-refractivity contribution in [3.63, 3.8) is 0 Å². The van der Waals surface area contributed by atoms with Crippen LogP contribution in [0.15, 0.2) is 12.8 Å². The predicted molar refractivity (Wildman–Crippen MR) is 32.3 cm³/mol. The summed E-state index contributed by atoms with van der Waals surface area (Å²) in [6.07, 6.45) is 1.88. The van der Waals surface area contributed by atoms with Crippen LogP contribution >= 0.6 is 0 Å². The molecule has 49 valence electrons. The number of rotatable bonds is 1. The van der Waals surface area contributed by atoms with Crippen LogP contribution in [0.4, 0.5) is 0 Å². The van der Waals surface area contributed by atoms with Crippen LogP contribution in [0.2, 0.25) is 0 Å². The molecule has 3 nitrogen and oxygen atoms in total. The maximum absolute atomic E-state index is 3.60. The van der Waals surface area contributed by atoms with E-state index < -0.39 is 0 Å². The van der Waals surface area contributed by atoms with Crippen LogP contribution in [0.1, 0.15) is 0 Å². The molecule has 0 rings (SSSR count). The van der Waals surface area contributed by atoms with Crippen molar-refractivity contribution in [2.75, 3.05) is 21.1 Å². The van der Waals surface area contributed by atoms with Crippen molar-refractivity contribution in [2.45, 2.75) is 0 Å². The highest BCUT2D eigenvalue weighted by molar-refractivity contribution is 4.46. The van der Waals surface area contributed by atoms with Crippen molar-refractivity contribution < 1.29 is 9.96 Å². The molecule has 0 aromatic carbocycles. The van der Waals surface area contributed by atoms with Gasteiger partial charge in [-0.25, -0.2) is 0 Å². The summed E-state index contributed by atoms with van der Waals surface area (Å²) in [4.78, 5) is 0. The molecule has 3 heteroatoms. The molecule has 0 atom stereocenters. The fraction of sp³-hybridized carbons (Fsp3) is 0.600. The molecule has 0 aromatic heterocycles. The Morgan fingerprint density at radius 2 is 1.38 bits per heavy atom. The second-order valence-electron chi connectivity index (χ2n) is 2.30. The Kier molecular flexibility index (Phi) is 9.33. The first-order valence-electron chi connectivity index (χ1n) is 2.01. The van der Waals surface area contributed by atoms with Gasteiger partial charge in [0.1, 0.15) is 0 Å². The number of nitrogens with zero attached hydrogens (tertiary/aromatic N) is 2. The van der Waals surface area contributed by atoms with Crippen LogP contribution in [0, 0.1) is 0 Å². The molecule has 1 N–H and O–H groups in total. The Morgan fingerprint density at radius 1 is 1.25 bits per heavy atom. The number of hydrogen-bond acceptors (Lipinski definition) is 1. The molecule has 0 bridgehead atoms. The Balaban J connectivity index is -0.000000125. The topological polar surface area (TPSA) is 60.5 Å². The molecular weight excluding hydrogens is 104 g/mol. The summed E-state index contributed by atoms with van der Waals surface area (Å²) in [6, 6.07) is 0. The molecule has 0 aliphatic carbocycles. The second kappa shape index (κ2) is 4.77. The molecule has 0 heterocycles. The van der Waals surface area contributed by atoms with E-state index in [0.29, 0.717) is 0 Å². The standard InChI is InChI=1S/C5H12N.N.H2O/c1-5-6(2,3)4;;/h5H,1H2,2-4H3;;1H2/q+1;;/p-1. The van der Waals surface area contributed by atoms with E-state index in [1.807, 2.05) is 6.20 Å². The molecule has 3 radical (unpaired) electrons. The fourth-order valence-electron chi connectivity index (χ4n) is 0. The van der Waals surface area contributed by atoms with Crippen molar-refractivity contribution in [3.05, 3.63) is 12.8 Å². The van der Waals surface area contributed by atoms with Crippen molar-refractivity contribution in [1.29, 1.82) is 0 Å². The third-order valence-electron chi connectivity index (χ3n) is 0.548. The Morgan fingerprint density at radius 3 is 1.38 bits per heavy atom. The average molecular weight is 117 g/mol. The summed E-state index contributed by atoms with van der Waals surface area (Å²) < 4.78 is 0.833. The SMILES string of the molecule is C=C[N+](C)(C)C.[N].[OH-]. The van der Waals surface area contributed by atoms with Gasteiger partial charge in [0.25, 0.3) is 0 Å². The highest BCUT2D eigenvalue weighted by Crippen LogP contribution is 1.85. The third-order valence-corrected chi connectivity index (χ3v) is 0.548. The van der Waals surface area contributed by atoms with Crippen molar-refractivity contribution in [1.82, 2.24) is 6.15 Å². The van der Waals surface area contributed by atoms with Gasteiger partial charge in [0, 0.05) is 6.15 Å². The average Bonchev–Trinajstić information content (AvgIpc) is 1.35. The molecule has 8 heavy (non-hydrogen) atoms. The summed E-state index contributed by atoms with van der Waals surface area (Å²) in [5, 5.41) is 0. The van der Waals surface area contributed by atoms with Crippen LogP contribution in [-0.2, 0) is 0 Å². The zero-order valence-electron chi connectivity index (χ0n) is 5.63. The molecule has 0 aromatic rings. The van der Waals surface area contributed by atoms with Gasteiger partial charge in [-0.1, -0.05) is 0 Å². The van der Waals surface area contributed by atoms with Gasteiger partial charge in [-0.15, -0.1) is 0 Å². The first kappa shape index (κ1) is 15.6. The third kappa shape index (κ3) is 17.5.